The van der Waals surface area contributed by atoms with E-state index in [1.165, 1.54) is 7.11 Å². The largest absolute Gasteiger partial charge is 0.469 e. The van der Waals surface area contributed by atoms with Gasteiger partial charge in [0.05, 0.1) is 13.5 Å². The third-order valence-corrected chi connectivity index (χ3v) is 3.64. The average molecular weight is 291 g/mol. The van der Waals surface area contributed by atoms with Crippen molar-refractivity contribution < 1.29 is 9.53 Å². The van der Waals surface area contributed by atoms with Crippen LogP contribution in [0.15, 0.2) is 10.9 Å². The zero-order valence-electron chi connectivity index (χ0n) is 13.1. The second kappa shape index (κ2) is 5.71. The van der Waals surface area contributed by atoms with Crippen LogP contribution in [0.1, 0.15) is 37.6 Å². The van der Waals surface area contributed by atoms with Crippen molar-refractivity contribution in [3.05, 3.63) is 27.7 Å². The molecular weight excluding hydrogens is 270 g/mol. The summed E-state index contributed by atoms with van der Waals surface area (Å²) in [6.07, 6.45) is 0.155. The van der Waals surface area contributed by atoms with E-state index in [-0.39, 0.29) is 30.5 Å². The van der Waals surface area contributed by atoms with E-state index in [0.717, 1.165) is 16.6 Å². The molecule has 0 amide bonds. The number of methoxy groups -OCH3 is 1. The number of hydrogen-bond acceptors (Lipinski definition) is 4. The Morgan fingerprint density at radius 3 is 2.62 bits per heavy atom. The molecule has 0 saturated heterocycles. The number of pyridine rings is 1. The molecule has 2 aromatic heterocycles. The lowest BCUT2D eigenvalue weighted by Gasteiger charge is -2.07. The normalized spacial score (nSPS) is 11.3. The zero-order chi connectivity index (χ0) is 15.7. The molecule has 0 N–H and O–H groups in total. The van der Waals surface area contributed by atoms with Gasteiger partial charge in [-0.15, -0.1) is 0 Å². The summed E-state index contributed by atoms with van der Waals surface area (Å²) in [6.45, 7) is 8.28. The summed E-state index contributed by atoms with van der Waals surface area (Å²) in [5.74, 6) is -0.337. The molecule has 0 atom stereocenters. The van der Waals surface area contributed by atoms with Gasteiger partial charge in [-0.25, -0.2) is 0 Å². The topological polar surface area (TPSA) is 66.1 Å². The number of hydrogen-bond donors (Lipinski definition) is 0. The second-order valence-corrected chi connectivity index (χ2v) is 5.47. The van der Waals surface area contributed by atoms with Crippen molar-refractivity contribution >= 4 is 17.0 Å². The summed E-state index contributed by atoms with van der Waals surface area (Å²) in [4.78, 5) is 23.5. The molecule has 0 saturated carbocycles. The quantitative estimate of drug-likeness (QED) is 0.808. The van der Waals surface area contributed by atoms with Crippen LogP contribution in [-0.4, -0.2) is 27.4 Å². The van der Waals surface area contributed by atoms with E-state index in [4.69, 9.17) is 0 Å². The van der Waals surface area contributed by atoms with Crippen LogP contribution in [0.2, 0.25) is 0 Å². The number of aryl methyl sites for hydroxylation is 3. The van der Waals surface area contributed by atoms with Gasteiger partial charge in [-0.2, -0.15) is 5.10 Å². The summed E-state index contributed by atoms with van der Waals surface area (Å²) in [5, 5.41) is 5.54. The number of carbonyl (C=O) groups excluding carboxylic acids is 1. The summed E-state index contributed by atoms with van der Waals surface area (Å²) in [5.41, 5.74) is 2.44. The number of fused-ring (bicyclic) bond motifs is 1. The highest BCUT2D eigenvalue weighted by molar-refractivity contribution is 5.82. The molecule has 2 aromatic rings. The van der Waals surface area contributed by atoms with Crippen LogP contribution in [0.3, 0.4) is 0 Å². The van der Waals surface area contributed by atoms with Gasteiger partial charge in [-0.1, -0.05) is 0 Å². The Hall–Kier alpha value is -2.11. The molecular formula is C15H21N3O3. The van der Waals surface area contributed by atoms with Gasteiger partial charge in [-0.3, -0.25) is 18.8 Å². The minimum atomic E-state index is -0.337. The molecule has 114 valence electrons. The van der Waals surface area contributed by atoms with Crippen molar-refractivity contribution in [2.24, 2.45) is 0 Å². The lowest BCUT2D eigenvalue weighted by Crippen LogP contribution is -2.22. The highest BCUT2D eigenvalue weighted by Gasteiger charge is 2.17. The standard InChI is InChI=1S/C15H21N3O3/c1-9(2)18-11(4)14-10(3)8-12(19)17(15(14)16-18)7-6-13(20)21-5/h8-9H,6-7H2,1-5H3. The van der Waals surface area contributed by atoms with Crippen LogP contribution in [0.25, 0.3) is 11.0 Å². The van der Waals surface area contributed by atoms with Crippen molar-refractivity contribution in [1.29, 1.82) is 0 Å². The molecule has 0 radical (unpaired) electrons. The van der Waals surface area contributed by atoms with E-state index in [0.29, 0.717) is 5.65 Å². The minimum Gasteiger partial charge on any atom is -0.469 e. The summed E-state index contributed by atoms with van der Waals surface area (Å²) in [7, 11) is 1.34. The number of rotatable bonds is 4. The average Bonchev–Trinajstić information content (AvgIpc) is 2.76. The summed E-state index contributed by atoms with van der Waals surface area (Å²) >= 11 is 0. The van der Waals surface area contributed by atoms with E-state index in [2.05, 4.69) is 9.84 Å². The van der Waals surface area contributed by atoms with Crippen LogP contribution in [0.4, 0.5) is 0 Å². The van der Waals surface area contributed by atoms with E-state index in [1.807, 2.05) is 32.4 Å². The maximum atomic E-state index is 12.2. The first-order valence-corrected chi connectivity index (χ1v) is 7.03. The van der Waals surface area contributed by atoms with Gasteiger partial charge in [0.25, 0.3) is 5.56 Å². The van der Waals surface area contributed by atoms with E-state index in [1.54, 1.807) is 10.6 Å². The molecule has 0 aliphatic carbocycles. The molecule has 0 aliphatic heterocycles. The van der Waals surface area contributed by atoms with Gasteiger partial charge in [0.2, 0.25) is 0 Å². The molecule has 21 heavy (non-hydrogen) atoms. The lowest BCUT2D eigenvalue weighted by atomic mass is 10.1. The van der Waals surface area contributed by atoms with Gasteiger partial charge in [0, 0.05) is 29.7 Å². The fourth-order valence-electron chi connectivity index (χ4n) is 2.62. The smallest absolute Gasteiger partial charge is 0.307 e. The van der Waals surface area contributed by atoms with E-state index in [9.17, 15) is 9.59 Å². The maximum Gasteiger partial charge on any atom is 0.307 e. The van der Waals surface area contributed by atoms with Crippen LogP contribution in [0.5, 0.6) is 0 Å². The molecule has 0 aliphatic rings. The van der Waals surface area contributed by atoms with Gasteiger partial charge in [-0.05, 0) is 33.3 Å². The number of ether oxygens (including phenoxy) is 1. The first kappa shape index (κ1) is 15.3. The van der Waals surface area contributed by atoms with Crippen molar-refractivity contribution in [3.63, 3.8) is 0 Å². The Balaban J connectivity index is 2.62. The predicted molar refractivity (Wildman–Crippen MR) is 80.5 cm³/mol. The Labute approximate surface area is 123 Å². The molecule has 0 bridgehead atoms. The van der Waals surface area contributed by atoms with Crippen LogP contribution in [0, 0.1) is 13.8 Å². The Morgan fingerprint density at radius 1 is 1.38 bits per heavy atom. The Morgan fingerprint density at radius 2 is 2.05 bits per heavy atom. The van der Waals surface area contributed by atoms with Crippen LogP contribution < -0.4 is 5.56 Å². The van der Waals surface area contributed by atoms with Gasteiger partial charge < -0.3 is 4.74 Å². The lowest BCUT2D eigenvalue weighted by molar-refractivity contribution is -0.140. The number of esters is 1. The van der Waals surface area contributed by atoms with Gasteiger partial charge in [0.15, 0.2) is 5.65 Å². The molecule has 0 fully saturated rings. The number of carbonyl (C=O) groups is 1. The molecule has 6 heteroatoms. The summed E-state index contributed by atoms with van der Waals surface area (Å²) < 4.78 is 8.09. The van der Waals surface area contributed by atoms with Crippen LogP contribution in [-0.2, 0) is 16.1 Å². The minimum absolute atomic E-state index is 0.141. The number of aromatic nitrogens is 3. The van der Waals surface area contributed by atoms with Gasteiger partial charge in [0.1, 0.15) is 0 Å². The van der Waals surface area contributed by atoms with Crippen molar-refractivity contribution in [2.45, 2.75) is 46.7 Å². The number of nitrogens with zero attached hydrogens (tertiary/aromatic N) is 3. The van der Waals surface area contributed by atoms with Gasteiger partial charge >= 0.3 is 5.97 Å². The second-order valence-electron chi connectivity index (χ2n) is 5.47. The highest BCUT2D eigenvalue weighted by Crippen LogP contribution is 2.22. The molecule has 6 nitrogen and oxygen atoms in total. The highest BCUT2D eigenvalue weighted by atomic mass is 16.5. The van der Waals surface area contributed by atoms with Crippen LogP contribution >= 0.6 is 0 Å². The maximum absolute atomic E-state index is 12.2. The molecule has 0 aromatic carbocycles. The molecule has 0 spiro atoms. The Bertz CT molecular complexity index is 741. The van der Waals surface area contributed by atoms with Crippen molar-refractivity contribution in [2.75, 3.05) is 7.11 Å². The molecule has 2 rings (SSSR count). The molecule has 0 unspecified atom stereocenters. The van der Waals surface area contributed by atoms with E-state index < -0.39 is 0 Å². The van der Waals surface area contributed by atoms with Crippen molar-refractivity contribution in [3.8, 4) is 0 Å². The summed E-state index contributed by atoms with van der Waals surface area (Å²) in [6, 6.07) is 1.81. The first-order valence-electron chi connectivity index (χ1n) is 7.03. The zero-order valence-corrected chi connectivity index (χ0v) is 13.1. The fraction of sp³-hybridized carbons (Fsp3) is 0.533. The molecule has 2 heterocycles. The SMILES string of the molecule is COC(=O)CCn1c(=O)cc(C)c2c(C)n(C(C)C)nc21. The predicted octanol–water partition coefficient (Wildman–Crippen LogP) is 1.96. The third kappa shape index (κ3) is 2.70. The monoisotopic (exact) mass is 291 g/mol. The first-order chi connectivity index (χ1) is 9.86. The van der Waals surface area contributed by atoms with E-state index >= 15 is 0 Å². The fourth-order valence-corrected chi connectivity index (χ4v) is 2.62. The third-order valence-electron chi connectivity index (χ3n) is 3.64. The Kier molecular flexibility index (Phi) is 4.16. The van der Waals surface area contributed by atoms with Crippen molar-refractivity contribution in [1.82, 2.24) is 14.3 Å².